The molecular weight excluding hydrogens is 279 g/mol. The molecule has 0 saturated heterocycles. The van der Waals surface area contributed by atoms with Gasteiger partial charge in [-0.15, -0.1) is 0 Å². The molecule has 0 radical (unpaired) electrons. The molecule has 0 bridgehead atoms. The van der Waals surface area contributed by atoms with E-state index in [1.807, 2.05) is 0 Å². The van der Waals surface area contributed by atoms with E-state index in [0.29, 0.717) is 24.7 Å². The Labute approximate surface area is 119 Å². The molecule has 0 atom stereocenters. The van der Waals surface area contributed by atoms with Gasteiger partial charge >= 0.3 is 0 Å². The second-order valence-corrected chi connectivity index (χ2v) is 4.96. The van der Waals surface area contributed by atoms with Gasteiger partial charge in [0.15, 0.2) is 0 Å². The summed E-state index contributed by atoms with van der Waals surface area (Å²) in [6.45, 7) is 0.381. The number of hydrogen-bond acceptors (Lipinski definition) is 1. The number of carbonyl (C=O) groups excluding carboxylic acids is 1. The van der Waals surface area contributed by atoms with E-state index in [1.54, 1.807) is 6.07 Å². The van der Waals surface area contributed by atoms with E-state index in [2.05, 4.69) is 0 Å². The van der Waals surface area contributed by atoms with Crippen LogP contribution in [0, 0.1) is 17.5 Å². The summed E-state index contributed by atoms with van der Waals surface area (Å²) in [4.78, 5) is 13.8. The van der Waals surface area contributed by atoms with Crippen molar-refractivity contribution in [3.05, 3.63) is 65.0 Å². The van der Waals surface area contributed by atoms with E-state index < -0.39 is 23.4 Å². The minimum Gasteiger partial charge on any atom is -0.308 e. The number of rotatable bonds is 1. The molecule has 0 spiro atoms. The predicted octanol–water partition coefficient (Wildman–Crippen LogP) is 3.70. The van der Waals surface area contributed by atoms with Gasteiger partial charge in [-0.3, -0.25) is 4.79 Å². The Balaban J connectivity index is 2.02. The summed E-state index contributed by atoms with van der Waals surface area (Å²) in [6, 6.07) is 7.06. The van der Waals surface area contributed by atoms with Crippen LogP contribution >= 0.6 is 0 Å². The summed E-state index contributed by atoms with van der Waals surface area (Å²) in [6.07, 6.45) is 1.46. The Morgan fingerprint density at radius 3 is 2.48 bits per heavy atom. The number of fused-ring (bicyclic) bond motifs is 1. The lowest BCUT2D eigenvalue weighted by Gasteiger charge is -2.29. The third-order valence-electron chi connectivity index (χ3n) is 3.57. The van der Waals surface area contributed by atoms with Crippen molar-refractivity contribution in [1.29, 1.82) is 0 Å². The maximum Gasteiger partial charge on any atom is 0.261 e. The van der Waals surface area contributed by atoms with Gasteiger partial charge in [0.25, 0.3) is 5.91 Å². The molecule has 21 heavy (non-hydrogen) atoms. The van der Waals surface area contributed by atoms with Gasteiger partial charge in [-0.05, 0) is 42.7 Å². The van der Waals surface area contributed by atoms with Crippen molar-refractivity contribution >= 4 is 11.6 Å². The van der Waals surface area contributed by atoms with E-state index in [4.69, 9.17) is 0 Å². The first-order valence-corrected chi connectivity index (χ1v) is 6.61. The van der Waals surface area contributed by atoms with Crippen LogP contribution in [0.5, 0.6) is 0 Å². The molecule has 1 heterocycles. The molecule has 0 aliphatic carbocycles. The fraction of sp³-hybridized carbons (Fsp3) is 0.188. The van der Waals surface area contributed by atoms with Crippen molar-refractivity contribution in [3.63, 3.8) is 0 Å². The lowest BCUT2D eigenvalue weighted by molar-refractivity contribution is 0.0981. The molecule has 1 amide bonds. The molecule has 2 nitrogen and oxygen atoms in total. The van der Waals surface area contributed by atoms with Crippen molar-refractivity contribution in [1.82, 2.24) is 0 Å². The summed E-state index contributed by atoms with van der Waals surface area (Å²) < 4.78 is 40.1. The molecule has 108 valence electrons. The average Bonchev–Trinajstić information content (AvgIpc) is 2.46. The number of carbonyl (C=O) groups is 1. The van der Waals surface area contributed by atoms with Gasteiger partial charge in [0.05, 0.1) is 11.3 Å². The summed E-state index contributed by atoms with van der Waals surface area (Å²) in [5, 5.41) is 0. The van der Waals surface area contributed by atoms with Crippen molar-refractivity contribution in [3.8, 4) is 0 Å². The lowest BCUT2D eigenvalue weighted by atomic mass is 10.0. The molecule has 0 fully saturated rings. The van der Waals surface area contributed by atoms with Gasteiger partial charge in [-0.1, -0.05) is 6.07 Å². The quantitative estimate of drug-likeness (QED) is 0.784. The maximum absolute atomic E-state index is 13.7. The third kappa shape index (κ3) is 2.51. The van der Waals surface area contributed by atoms with Crippen molar-refractivity contribution in [2.45, 2.75) is 12.8 Å². The molecule has 2 aromatic rings. The van der Waals surface area contributed by atoms with Crippen molar-refractivity contribution in [2.75, 3.05) is 11.4 Å². The number of amides is 1. The minimum atomic E-state index is -0.913. The number of aryl methyl sites for hydroxylation is 1. The van der Waals surface area contributed by atoms with Crippen molar-refractivity contribution in [2.24, 2.45) is 0 Å². The van der Waals surface area contributed by atoms with E-state index in [1.165, 1.54) is 17.0 Å². The molecule has 0 aromatic heterocycles. The fourth-order valence-corrected chi connectivity index (χ4v) is 2.57. The highest BCUT2D eigenvalue weighted by molar-refractivity contribution is 6.06. The second kappa shape index (κ2) is 5.24. The fourth-order valence-electron chi connectivity index (χ4n) is 2.57. The zero-order valence-corrected chi connectivity index (χ0v) is 11.1. The Hall–Kier alpha value is -2.30. The van der Waals surface area contributed by atoms with Crippen LogP contribution in [0.25, 0.3) is 0 Å². The van der Waals surface area contributed by atoms with Crippen LogP contribution in [0.1, 0.15) is 22.3 Å². The number of hydrogen-bond donors (Lipinski definition) is 0. The summed E-state index contributed by atoms with van der Waals surface area (Å²) in [7, 11) is 0. The Kier molecular flexibility index (Phi) is 3.41. The first-order valence-electron chi connectivity index (χ1n) is 6.61. The monoisotopic (exact) mass is 291 g/mol. The van der Waals surface area contributed by atoms with E-state index in [9.17, 15) is 18.0 Å². The van der Waals surface area contributed by atoms with Crippen LogP contribution in [0.3, 0.4) is 0 Å². The Morgan fingerprint density at radius 2 is 1.71 bits per heavy atom. The standard InChI is InChI=1S/C16H12F3NO/c17-11-5-6-13(14(19)8-11)16(21)20-7-1-2-10-3-4-12(18)9-15(10)20/h3-6,8-9H,1-2,7H2. The third-order valence-corrected chi connectivity index (χ3v) is 3.57. The SMILES string of the molecule is O=C(c1ccc(F)cc1F)N1CCCc2ccc(F)cc21. The molecule has 2 aromatic carbocycles. The number of anilines is 1. The highest BCUT2D eigenvalue weighted by atomic mass is 19.1. The molecule has 0 N–H and O–H groups in total. The topological polar surface area (TPSA) is 20.3 Å². The number of nitrogens with zero attached hydrogens (tertiary/aromatic N) is 1. The maximum atomic E-state index is 13.7. The Bertz CT molecular complexity index is 715. The largest absolute Gasteiger partial charge is 0.308 e. The normalized spacial score (nSPS) is 14.0. The minimum absolute atomic E-state index is 0.214. The van der Waals surface area contributed by atoms with Gasteiger partial charge < -0.3 is 4.90 Å². The van der Waals surface area contributed by atoms with E-state index >= 15 is 0 Å². The van der Waals surface area contributed by atoms with Gasteiger partial charge in [-0.2, -0.15) is 0 Å². The molecular formula is C16H12F3NO. The predicted molar refractivity (Wildman–Crippen MR) is 72.8 cm³/mol. The summed E-state index contributed by atoms with van der Waals surface area (Å²) >= 11 is 0. The summed E-state index contributed by atoms with van der Waals surface area (Å²) in [5.41, 5.74) is 1.09. The van der Waals surface area contributed by atoms with Crippen LogP contribution in [0.15, 0.2) is 36.4 Å². The van der Waals surface area contributed by atoms with Crippen molar-refractivity contribution < 1.29 is 18.0 Å². The smallest absolute Gasteiger partial charge is 0.261 e. The number of benzene rings is 2. The highest BCUT2D eigenvalue weighted by Gasteiger charge is 2.26. The molecule has 5 heteroatoms. The number of halogens is 3. The molecule has 1 aliphatic heterocycles. The second-order valence-electron chi connectivity index (χ2n) is 4.96. The lowest BCUT2D eigenvalue weighted by Crippen LogP contribution is -2.36. The Morgan fingerprint density at radius 1 is 1.00 bits per heavy atom. The van der Waals surface area contributed by atoms with Crippen LogP contribution in [0.2, 0.25) is 0 Å². The van der Waals surface area contributed by atoms with Crippen LogP contribution in [-0.4, -0.2) is 12.5 Å². The molecule has 3 rings (SSSR count). The van der Waals surface area contributed by atoms with E-state index in [0.717, 1.165) is 24.1 Å². The first kappa shape index (κ1) is 13.7. The first-order chi connectivity index (χ1) is 10.1. The zero-order chi connectivity index (χ0) is 15.0. The molecule has 1 aliphatic rings. The zero-order valence-electron chi connectivity index (χ0n) is 11.1. The van der Waals surface area contributed by atoms with Gasteiger partial charge in [0, 0.05) is 12.6 Å². The average molecular weight is 291 g/mol. The van der Waals surface area contributed by atoms with E-state index in [-0.39, 0.29) is 5.56 Å². The van der Waals surface area contributed by atoms with Crippen LogP contribution < -0.4 is 4.90 Å². The van der Waals surface area contributed by atoms with Crippen LogP contribution in [-0.2, 0) is 6.42 Å². The highest BCUT2D eigenvalue weighted by Crippen LogP contribution is 2.29. The molecule has 0 saturated carbocycles. The van der Waals surface area contributed by atoms with Gasteiger partial charge in [-0.25, -0.2) is 13.2 Å². The van der Waals surface area contributed by atoms with Crippen LogP contribution in [0.4, 0.5) is 18.9 Å². The molecule has 0 unspecified atom stereocenters. The van der Waals surface area contributed by atoms with Gasteiger partial charge in [0.1, 0.15) is 17.5 Å². The summed E-state index contributed by atoms with van der Waals surface area (Å²) in [5.74, 6) is -2.69. The van der Waals surface area contributed by atoms with Gasteiger partial charge in [0.2, 0.25) is 0 Å².